The molecule has 0 radical (unpaired) electrons. The topological polar surface area (TPSA) is 111 Å². The maximum absolute atomic E-state index is 13.8. The number of fused-ring (bicyclic) bond motifs is 1. The minimum absolute atomic E-state index is 0.00754. The Bertz CT molecular complexity index is 1790. The Balaban J connectivity index is 1.43. The van der Waals surface area contributed by atoms with Gasteiger partial charge in [-0.3, -0.25) is 14.5 Å². The normalized spacial score (nSPS) is 18.5. The van der Waals surface area contributed by atoms with Crippen molar-refractivity contribution < 1.29 is 28.9 Å². The van der Waals surface area contributed by atoms with E-state index in [1.54, 1.807) is 42.5 Å². The van der Waals surface area contributed by atoms with Crippen molar-refractivity contribution in [1.29, 1.82) is 0 Å². The van der Waals surface area contributed by atoms with Crippen LogP contribution in [0.1, 0.15) is 42.1 Å². The number of carbonyl (C=O) groups is 2. The summed E-state index contributed by atoms with van der Waals surface area (Å²) in [6.07, 6.45) is 2.31. The maximum atomic E-state index is 13.8. The van der Waals surface area contributed by atoms with Crippen molar-refractivity contribution in [3.8, 4) is 17.2 Å². The fourth-order valence-corrected chi connectivity index (χ4v) is 7.20. The number of hydrogen-bond acceptors (Lipinski definition) is 10. The molecule has 0 unspecified atom stereocenters. The Labute approximate surface area is 269 Å². The van der Waals surface area contributed by atoms with E-state index in [1.165, 1.54) is 28.0 Å². The van der Waals surface area contributed by atoms with Crippen LogP contribution in [-0.4, -0.2) is 46.3 Å². The third kappa shape index (κ3) is 6.18. The fourth-order valence-electron chi connectivity index (χ4n) is 5.38. The summed E-state index contributed by atoms with van der Waals surface area (Å²) in [5, 5.41) is 20.6. The van der Waals surface area contributed by atoms with E-state index in [1.807, 2.05) is 44.2 Å². The molecule has 230 valence electrons. The highest BCUT2D eigenvalue weighted by Crippen LogP contribution is 2.46. The molecule has 3 aromatic carbocycles. The van der Waals surface area contributed by atoms with Crippen molar-refractivity contribution in [2.24, 2.45) is 0 Å². The number of ether oxygens (including phenoxy) is 3. The zero-order valence-corrected chi connectivity index (χ0v) is 26.4. The standard InChI is InChI=1S/C34H31N3O6S2/c1-4-15-42-26-14-11-22(18-27(26)41-5-2)29-28(30(38)23-12-13-25-24(17-23)16-20(3)43-25)31(39)32(40)37(29)33-35-36-34(45-33)44-19-21-9-7-6-8-10-21/h4,6-14,17-18,20,29,38H,1,5,15-16,19H2,2-3H3/t20-,29-/m1/s1. The van der Waals surface area contributed by atoms with Gasteiger partial charge in [-0.2, -0.15) is 0 Å². The SMILES string of the molecule is C=CCOc1ccc([C@@H]2C(=C(O)c3ccc4c(c3)C[C@@H](C)O4)C(=O)C(=O)N2c2nnc(SCc3ccccc3)s2)cc1OCC. The number of hydrogen-bond donors (Lipinski definition) is 1. The number of nitrogens with zero attached hydrogens (tertiary/aromatic N) is 3. The van der Waals surface area contributed by atoms with Crippen LogP contribution in [0.4, 0.5) is 5.13 Å². The van der Waals surface area contributed by atoms with E-state index in [9.17, 15) is 14.7 Å². The van der Waals surface area contributed by atoms with Gasteiger partial charge in [0.05, 0.1) is 18.2 Å². The number of aliphatic hydroxyl groups is 1. The van der Waals surface area contributed by atoms with E-state index in [-0.39, 0.29) is 29.2 Å². The summed E-state index contributed by atoms with van der Waals surface area (Å²) in [6, 6.07) is 19.4. The van der Waals surface area contributed by atoms with Crippen LogP contribution < -0.4 is 19.1 Å². The molecule has 0 bridgehead atoms. The second kappa shape index (κ2) is 13.2. The molecule has 6 rings (SSSR count). The second-order valence-corrected chi connectivity index (χ2v) is 12.7. The van der Waals surface area contributed by atoms with Gasteiger partial charge < -0.3 is 19.3 Å². The third-order valence-corrected chi connectivity index (χ3v) is 9.49. The molecule has 1 amide bonds. The van der Waals surface area contributed by atoms with Gasteiger partial charge in [0.2, 0.25) is 5.13 Å². The first-order chi connectivity index (χ1) is 21.9. The predicted molar refractivity (Wildman–Crippen MR) is 174 cm³/mol. The Kier molecular flexibility index (Phi) is 8.90. The van der Waals surface area contributed by atoms with Crippen molar-refractivity contribution in [2.45, 2.75) is 42.5 Å². The molecule has 0 spiro atoms. The van der Waals surface area contributed by atoms with Crippen molar-refractivity contribution in [3.05, 3.63) is 107 Å². The Hall–Kier alpha value is -4.61. The summed E-state index contributed by atoms with van der Waals surface area (Å²) < 4.78 is 18.1. The zero-order valence-electron chi connectivity index (χ0n) is 24.8. The average molecular weight is 642 g/mol. The van der Waals surface area contributed by atoms with Crippen LogP contribution in [0.15, 0.2) is 89.3 Å². The highest BCUT2D eigenvalue weighted by Gasteiger charge is 2.48. The Morgan fingerprint density at radius 1 is 1.11 bits per heavy atom. The number of ketones is 1. The monoisotopic (exact) mass is 641 g/mol. The summed E-state index contributed by atoms with van der Waals surface area (Å²) in [7, 11) is 0. The second-order valence-electron chi connectivity index (χ2n) is 10.5. The summed E-state index contributed by atoms with van der Waals surface area (Å²) in [4.78, 5) is 28.8. The molecule has 2 aliphatic heterocycles. The molecule has 9 nitrogen and oxygen atoms in total. The highest BCUT2D eigenvalue weighted by atomic mass is 32.2. The molecule has 0 saturated carbocycles. The molecule has 45 heavy (non-hydrogen) atoms. The van der Waals surface area contributed by atoms with Crippen molar-refractivity contribution >= 4 is 45.7 Å². The summed E-state index contributed by atoms with van der Waals surface area (Å²) in [5.41, 5.74) is 2.95. The van der Waals surface area contributed by atoms with Gasteiger partial charge in [-0.1, -0.05) is 72.2 Å². The summed E-state index contributed by atoms with van der Waals surface area (Å²) in [5.74, 6) is 0.422. The van der Waals surface area contributed by atoms with Gasteiger partial charge in [0.25, 0.3) is 5.78 Å². The molecule has 1 fully saturated rings. The average Bonchev–Trinajstić information content (AvgIpc) is 3.74. The van der Waals surface area contributed by atoms with E-state index in [4.69, 9.17) is 14.2 Å². The van der Waals surface area contributed by atoms with Crippen LogP contribution in [0.25, 0.3) is 5.76 Å². The van der Waals surface area contributed by atoms with Crippen molar-refractivity contribution in [3.63, 3.8) is 0 Å². The number of carbonyl (C=O) groups excluding carboxylic acids is 2. The number of anilines is 1. The van der Waals surface area contributed by atoms with E-state index in [0.717, 1.165) is 16.9 Å². The zero-order chi connectivity index (χ0) is 31.5. The number of Topliss-reactive ketones (excluding diaryl/α,β-unsaturated/α-hetero) is 1. The van der Waals surface area contributed by atoms with Gasteiger partial charge in [0.15, 0.2) is 15.8 Å². The number of amides is 1. The predicted octanol–water partition coefficient (Wildman–Crippen LogP) is 6.74. The lowest BCUT2D eigenvalue weighted by atomic mass is 9.94. The molecule has 1 saturated heterocycles. The Morgan fingerprint density at radius 2 is 1.93 bits per heavy atom. The summed E-state index contributed by atoms with van der Waals surface area (Å²) in [6.45, 7) is 8.16. The molecular weight excluding hydrogens is 611 g/mol. The molecule has 1 aromatic heterocycles. The van der Waals surface area contributed by atoms with Gasteiger partial charge in [-0.05, 0) is 60.9 Å². The first-order valence-corrected chi connectivity index (χ1v) is 16.3. The van der Waals surface area contributed by atoms with E-state index < -0.39 is 17.7 Å². The van der Waals surface area contributed by atoms with Crippen LogP contribution in [0.3, 0.4) is 0 Å². The highest BCUT2D eigenvalue weighted by molar-refractivity contribution is 8.00. The van der Waals surface area contributed by atoms with E-state index in [2.05, 4.69) is 16.8 Å². The lowest BCUT2D eigenvalue weighted by Crippen LogP contribution is -2.29. The van der Waals surface area contributed by atoms with Crippen LogP contribution in [-0.2, 0) is 21.8 Å². The molecule has 2 atom stereocenters. The minimum Gasteiger partial charge on any atom is -0.507 e. The molecule has 1 N–H and O–H groups in total. The lowest BCUT2D eigenvalue weighted by Gasteiger charge is -2.23. The number of rotatable bonds is 11. The van der Waals surface area contributed by atoms with Gasteiger partial charge in [0.1, 0.15) is 24.2 Å². The number of thioether (sulfide) groups is 1. The summed E-state index contributed by atoms with van der Waals surface area (Å²) >= 11 is 2.70. The van der Waals surface area contributed by atoms with Gasteiger partial charge in [-0.15, -0.1) is 10.2 Å². The van der Waals surface area contributed by atoms with Crippen LogP contribution in [0.5, 0.6) is 17.2 Å². The number of aromatic nitrogens is 2. The van der Waals surface area contributed by atoms with Gasteiger partial charge >= 0.3 is 5.91 Å². The smallest absolute Gasteiger partial charge is 0.301 e. The Morgan fingerprint density at radius 3 is 2.71 bits per heavy atom. The van der Waals surface area contributed by atoms with E-state index >= 15 is 0 Å². The van der Waals surface area contributed by atoms with Crippen LogP contribution in [0.2, 0.25) is 0 Å². The van der Waals surface area contributed by atoms with Crippen molar-refractivity contribution in [2.75, 3.05) is 18.1 Å². The van der Waals surface area contributed by atoms with E-state index in [0.29, 0.717) is 45.7 Å². The quantitative estimate of drug-likeness (QED) is 0.0475. The molecule has 11 heteroatoms. The molecule has 2 aliphatic rings. The largest absolute Gasteiger partial charge is 0.507 e. The van der Waals surface area contributed by atoms with Gasteiger partial charge in [0, 0.05) is 17.7 Å². The number of benzene rings is 3. The minimum atomic E-state index is -0.999. The fraction of sp³-hybridized carbons (Fsp3) is 0.235. The first kappa shape index (κ1) is 30.4. The third-order valence-electron chi connectivity index (χ3n) is 7.36. The lowest BCUT2D eigenvalue weighted by molar-refractivity contribution is -0.132. The van der Waals surface area contributed by atoms with Crippen LogP contribution in [0, 0.1) is 0 Å². The first-order valence-electron chi connectivity index (χ1n) is 14.5. The maximum Gasteiger partial charge on any atom is 0.301 e. The van der Waals surface area contributed by atoms with Crippen molar-refractivity contribution in [1.82, 2.24) is 10.2 Å². The van der Waals surface area contributed by atoms with Gasteiger partial charge in [-0.25, -0.2) is 0 Å². The molecule has 4 aromatic rings. The molecule has 3 heterocycles. The molecular formula is C34H31N3O6S2. The van der Waals surface area contributed by atoms with Crippen LogP contribution >= 0.6 is 23.1 Å². The number of aliphatic hydroxyl groups excluding tert-OH is 1. The molecule has 0 aliphatic carbocycles.